The van der Waals surface area contributed by atoms with Crippen LogP contribution in [0, 0.1) is 11.8 Å². The van der Waals surface area contributed by atoms with Gasteiger partial charge in [0.2, 0.25) is 0 Å². The molecule has 4 nitrogen and oxygen atoms in total. The van der Waals surface area contributed by atoms with Crippen molar-refractivity contribution in [2.75, 3.05) is 18.6 Å². The van der Waals surface area contributed by atoms with Crippen LogP contribution in [0.1, 0.15) is 32.1 Å². The van der Waals surface area contributed by atoms with E-state index in [1.165, 1.54) is 6.26 Å². The molecule has 0 aliphatic heterocycles. The van der Waals surface area contributed by atoms with Gasteiger partial charge in [0.05, 0.1) is 5.75 Å². The largest absolute Gasteiger partial charge is 0.330 e. The SMILES string of the molecule is CS(=O)(=O)CCC(=O)C1CCCCC1CN. The normalized spacial score (nSPS) is 26.6. The molecule has 2 N–H and O–H groups in total. The molecule has 16 heavy (non-hydrogen) atoms. The van der Waals surface area contributed by atoms with Crippen molar-refractivity contribution in [3.63, 3.8) is 0 Å². The summed E-state index contributed by atoms with van der Waals surface area (Å²) in [4.78, 5) is 11.9. The van der Waals surface area contributed by atoms with E-state index >= 15 is 0 Å². The van der Waals surface area contributed by atoms with Crippen molar-refractivity contribution in [3.05, 3.63) is 0 Å². The Morgan fingerprint density at radius 2 is 1.94 bits per heavy atom. The van der Waals surface area contributed by atoms with Gasteiger partial charge in [-0.1, -0.05) is 12.8 Å². The predicted molar refractivity (Wildman–Crippen MR) is 63.8 cm³/mol. The van der Waals surface area contributed by atoms with E-state index in [4.69, 9.17) is 5.73 Å². The second-order valence-electron chi connectivity index (χ2n) is 4.73. The summed E-state index contributed by atoms with van der Waals surface area (Å²) in [7, 11) is -3.03. The first-order valence-corrected chi connectivity index (χ1v) is 7.90. The summed E-state index contributed by atoms with van der Waals surface area (Å²) < 4.78 is 22.0. The molecule has 94 valence electrons. The topological polar surface area (TPSA) is 77.2 Å². The number of sulfone groups is 1. The highest BCUT2D eigenvalue weighted by molar-refractivity contribution is 7.90. The number of ketones is 1. The molecule has 1 saturated carbocycles. The number of rotatable bonds is 5. The summed E-state index contributed by atoms with van der Waals surface area (Å²) in [6.07, 6.45) is 5.40. The van der Waals surface area contributed by atoms with Crippen molar-refractivity contribution in [1.82, 2.24) is 0 Å². The minimum absolute atomic E-state index is 0.000463. The van der Waals surface area contributed by atoms with Crippen molar-refractivity contribution in [2.45, 2.75) is 32.1 Å². The van der Waals surface area contributed by atoms with Crippen LogP contribution in [0.4, 0.5) is 0 Å². The Kier molecular flexibility index (Phi) is 4.92. The Hall–Kier alpha value is -0.420. The molecule has 2 unspecified atom stereocenters. The number of nitrogens with two attached hydrogens (primary N) is 1. The Morgan fingerprint density at radius 1 is 1.31 bits per heavy atom. The van der Waals surface area contributed by atoms with E-state index in [2.05, 4.69) is 0 Å². The number of carbonyl (C=O) groups excluding carboxylic acids is 1. The van der Waals surface area contributed by atoms with Crippen LogP contribution in [0.15, 0.2) is 0 Å². The molecule has 0 radical (unpaired) electrons. The second kappa shape index (κ2) is 5.77. The zero-order valence-electron chi connectivity index (χ0n) is 9.81. The summed E-state index contributed by atoms with van der Waals surface area (Å²) in [5.74, 6) is 0.321. The number of hydrogen-bond donors (Lipinski definition) is 1. The average molecular weight is 247 g/mol. The van der Waals surface area contributed by atoms with Crippen molar-refractivity contribution >= 4 is 15.6 Å². The van der Waals surface area contributed by atoms with Crippen LogP contribution in [0.2, 0.25) is 0 Å². The van der Waals surface area contributed by atoms with E-state index in [0.717, 1.165) is 25.7 Å². The minimum Gasteiger partial charge on any atom is -0.330 e. The zero-order chi connectivity index (χ0) is 12.2. The van der Waals surface area contributed by atoms with E-state index in [9.17, 15) is 13.2 Å². The highest BCUT2D eigenvalue weighted by Gasteiger charge is 2.29. The molecule has 1 fully saturated rings. The zero-order valence-corrected chi connectivity index (χ0v) is 10.6. The lowest BCUT2D eigenvalue weighted by molar-refractivity contribution is -0.125. The molecule has 2 atom stereocenters. The van der Waals surface area contributed by atoms with Gasteiger partial charge < -0.3 is 5.73 Å². The number of hydrogen-bond acceptors (Lipinski definition) is 4. The van der Waals surface area contributed by atoms with E-state index in [0.29, 0.717) is 6.54 Å². The summed E-state index contributed by atoms with van der Waals surface area (Å²) in [6, 6.07) is 0. The second-order valence-corrected chi connectivity index (χ2v) is 6.99. The number of carbonyl (C=O) groups is 1. The molecule has 0 aromatic carbocycles. The van der Waals surface area contributed by atoms with E-state index < -0.39 is 9.84 Å². The van der Waals surface area contributed by atoms with Crippen LogP contribution in [-0.4, -0.2) is 32.8 Å². The minimum atomic E-state index is -3.03. The van der Waals surface area contributed by atoms with Crippen LogP contribution in [0.25, 0.3) is 0 Å². The third kappa shape index (κ3) is 4.22. The van der Waals surface area contributed by atoms with Crippen LogP contribution < -0.4 is 5.73 Å². The molecular formula is C11H21NO3S. The van der Waals surface area contributed by atoms with Gasteiger partial charge in [0.1, 0.15) is 15.6 Å². The molecule has 1 rings (SSSR count). The molecule has 1 aliphatic rings. The highest BCUT2D eigenvalue weighted by Crippen LogP contribution is 2.30. The molecule has 5 heteroatoms. The van der Waals surface area contributed by atoms with Crippen molar-refractivity contribution in [3.8, 4) is 0 Å². The lowest BCUT2D eigenvalue weighted by atomic mass is 9.76. The maximum absolute atomic E-state index is 11.9. The molecule has 0 spiro atoms. The lowest BCUT2D eigenvalue weighted by Gasteiger charge is -2.29. The lowest BCUT2D eigenvalue weighted by Crippen LogP contribution is -2.33. The Balaban J connectivity index is 2.51. The molecule has 0 bridgehead atoms. The first-order valence-electron chi connectivity index (χ1n) is 5.84. The van der Waals surface area contributed by atoms with Crippen LogP contribution in [-0.2, 0) is 14.6 Å². The van der Waals surface area contributed by atoms with Gasteiger partial charge in [-0.15, -0.1) is 0 Å². The van der Waals surface area contributed by atoms with Gasteiger partial charge in [0.25, 0.3) is 0 Å². The molecule has 0 aromatic rings. The quantitative estimate of drug-likeness (QED) is 0.778. The fourth-order valence-electron chi connectivity index (χ4n) is 2.39. The van der Waals surface area contributed by atoms with Crippen LogP contribution >= 0.6 is 0 Å². The van der Waals surface area contributed by atoms with Gasteiger partial charge in [-0.2, -0.15) is 0 Å². The standard InChI is InChI=1S/C11H21NO3S/c1-16(14,15)7-6-11(13)10-5-3-2-4-9(10)8-12/h9-10H,2-8,12H2,1H3. The molecule has 0 amide bonds. The van der Waals surface area contributed by atoms with E-state index in [1.807, 2.05) is 0 Å². The molecule has 0 aromatic heterocycles. The van der Waals surface area contributed by atoms with Crippen molar-refractivity contribution in [2.24, 2.45) is 17.6 Å². The van der Waals surface area contributed by atoms with Crippen molar-refractivity contribution in [1.29, 1.82) is 0 Å². The van der Waals surface area contributed by atoms with E-state index in [1.54, 1.807) is 0 Å². The Bertz CT molecular complexity index is 337. The first-order chi connectivity index (χ1) is 7.44. The van der Waals surface area contributed by atoms with Crippen LogP contribution in [0.5, 0.6) is 0 Å². The third-order valence-electron chi connectivity index (χ3n) is 3.34. The summed E-state index contributed by atoms with van der Waals surface area (Å²) in [6.45, 7) is 0.537. The maximum atomic E-state index is 11.9. The van der Waals surface area contributed by atoms with Gasteiger partial charge in [-0.3, -0.25) is 4.79 Å². The fraction of sp³-hybridized carbons (Fsp3) is 0.909. The molecule has 0 saturated heterocycles. The Labute approximate surface area is 97.5 Å². The molecule has 0 heterocycles. The first kappa shape index (κ1) is 13.6. The van der Waals surface area contributed by atoms with Gasteiger partial charge >= 0.3 is 0 Å². The van der Waals surface area contributed by atoms with E-state index in [-0.39, 0.29) is 29.8 Å². The van der Waals surface area contributed by atoms with Gasteiger partial charge in [-0.05, 0) is 25.3 Å². The smallest absolute Gasteiger partial charge is 0.147 e. The highest BCUT2D eigenvalue weighted by atomic mass is 32.2. The summed E-state index contributed by atoms with van der Waals surface area (Å²) in [5, 5.41) is 0. The monoisotopic (exact) mass is 247 g/mol. The fourth-order valence-corrected chi connectivity index (χ4v) is 2.96. The maximum Gasteiger partial charge on any atom is 0.147 e. The predicted octanol–water partition coefficient (Wildman–Crippen LogP) is 0.755. The third-order valence-corrected chi connectivity index (χ3v) is 4.29. The van der Waals surface area contributed by atoms with Crippen molar-refractivity contribution < 1.29 is 13.2 Å². The molecule has 1 aliphatic carbocycles. The van der Waals surface area contributed by atoms with Gasteiger partial charge in [0.15, 0.2) is 0 Å². The van der Waals surface area contributed by atoms with Gasteiger partial charge in [-0.25, -0.2) is 8.42 Å². The average Bonchev–Trinajstić information content (AvgIpc) is 2.25. The Morgan fingerprint density at radius 3 is 2.50 bits per heavy atom. The van der Waals surface area contributed by atoms with Gasteiger partial charge in [0, 0.05) is 18.6 Å². The summed E-state index contributed by atoms with van der Waals surface area (Å²) >= 11 is 0. The number of Topliss-reactive ketones (excluding diaryl/α,β-unsaturated/α-hetero) is 1. The molecular weight excluding hydrogens is 226 g/mol. The summed E-state index contributed by atoms with van der Waals surface area (Å²) in [5.41, 5.74) is 5.64. The van der Waals surface area contributed by atoms with Crippen LogP contribution in [0.3, 0.4) is 0 Å².